The first-order valence-electron chi connectivity index (χ1n) is 3.37. The topological polar surface area (TPSA) is 58.6 Å². The minimum absolute atomic E-state index is 0.360. The van der Waals surface area contributed by atoms with Gasteiger partial charge in [0.2, 0.25) is 0 Å². The maximum atomic E-state index is 10.6. The zero-order chi connectivity index (χ0) is 9.42. The van der Waals surface area contributed by atoms with E-state index in [-0.39, 0.29) is 0 Å². The van der Waals surface area contributed by atoms with Gasteiger partial charge < -0.3 is 4.98 Å². The van der Waals surface area contributed by atoms with Crippen molar-refractivity contribution in [1.29, 1.82) is 0 Å². The SMILES string of the molecule is O=Cc1[nH]c2ncnc(Cl)c2c1I. The second-order valence-electron chi connectivity index (χ2n) is 2.36. The molecule has 6 heteroatoms. The summed E-state index contributed by atoms with van der Waals surface area (Å²) in [5.74, 6) is 0. The van der Waals surface area contributed by atoms with Crippen molar-refractivity contribution in [2.75, 3.05) is 0 Å². The van der Waals surface area contributed by atoms with Crippen LogP contribution < -0.4 is 0 Å². The summed E-state index contributed by atoms with van der Waals surface area (Å²) in [6, 6.07) is 0. The Morgan fingerprint density at radius 1 is 1.54 bits per heavy atom. The quantitative estimate of drug-likeness (QED) is 0.498. The Bertz CT molecular complexity index is 482. The van der Waals surface area contributed by atoms with E-state index in [0.29, 0.717) is 21.9 Å². The molecule has 0 bridgehead atoms. The Morgan fingerprint density at radius 3 is 2.92 bits per heavy atom. The third-order valence-electron chi connectivity index (χ3n) is 1.63. The van der Waals surface area contributed by atoms with E-state index < -0.39 is 0 Å². The smallest absolute Gasteiger partial charge is 0.167 e. The molecule has 2 aromatic heterocycles. The standard InChI is InChI=1S/C7H3ClIN3O/c8-6-4-5(9)3(1-13)12-7(4)11-2-10-6/h1-2H,(H,10,11,12). The van der Waals surface area contributed by atoms with Gasteiger partial charge in [-0.15, -0.1) is 0 Å². The van der Waals surface area contributed by atoms with E-state index in [4.69, 9.17) is 11.6 Å². The van der Waals surface area contributed by atoms with Gasteiger partial charge in [0.1, 0.15) is 17.1 Å². The molecule has 66 valence electrons. The van der Waals surface area contributed by atoms with Crippen LogP contribution in [0.1, 0.15) is 10.5 Å². The average Bonchev–Trinajstić information content (AvgIpc) is 2.44. The number of aromatic nitrogens is 3. The molecule has 0 saturated carbocycles. The Balaban J connectivity index is 2.92. The van der Waals surface area contributed by atoms with Gasteiger partial charge in [-0.25, -0.2) is 9.97 Å². The van der Waals surface area contributed by atoms with Crippen LogP contribution in [0.25, 0.3) is 11.0 Å². The molecule has 2 aromatic rings. The van der Waals surface area contributed by atoms with E-state index >= 15 is 0 Å². The van der Waals surface area contributed by atoms with Crippen LogP contribution in [0.3, 0.4) is 0 Å². The molecule has 0 aliphatic rings. The van der Waals surface area contributed by atoms with Gasteiger partial charge in [-0.1, -0.05) is 11.6 Å². The molecule has 2 rings (SSSR count). The highest BCUT2D eigenvalue weighted by Crippen LogP contribution is 2.26. The molecule has 1 N–H and O–H groups in total. The lowest BCUT2D eigenvalue weighted by Crippen LogP contribution is -1.80. The zero-order valence-corrected chi connectivity index (χ0v) is 9.13. The number of hydrogen-bond acceptors (Lipinski definition) is 3. The summed E-state index contributed by atoms with van der Waals surface area (Å²) in [5, 5.41) is 1.06. The molecule has 0 amide bonds. The lowest BCUT2D eigenvalue weighted by Gasteiger charge is -1.90. The number of halogens is 2. The molecule has 0 fully saturated rings. The Kier molecular flexibility index (Phi) is 2.20. The molecule has 0 spiro atoms. The highest BCUT2D eigenvalue weighted by atomic mass is 127. The van der Waals surface area contributed by atoms with Crippen molar-refractivity contribution in [2.45, 2.75) is 0 Å². The van der Waals surface area contributed by atoms with E-state index in [0.717, 1.165) is 9.86 Å². The van der Waals surface area contributed by atoms with Crippen molar-refractivity contribution in [1.82, 2.24) is 15.0 Å². The number of carbonyl (C=O) groups is 1. The first-order valence-corrected chi connectivity index (χ1v) is 4.82. The first kappa shape index (κ1) is 8.89. The highest BCUT2D eigenvalue weighted by Gasteiger charge is 2.12. The maximum absolute atomic E-state index is 10.6. The molecule has 0 aromatic carbocycles. The van der Waals surface area contributed by atoms with Crippen LogP contribution in [-0.2, 0) is 0 Å². The molecule has 0 aliphatic carbocycles. The first-order chi connectivity index (χ1) is 6.24. The fraction of sp³-hybridized carbons (Fsp3) is 0. The van der Waals surface area contributed by atoms with E-state index in [1.165, 1.54) is 6.33 Å². The summed E-state index contributed by atoms with van der Waals surface area (Å²) in [6.07, 6.45) is 2.09. The predicted molar refractivity (Wildman–Crippen MR) is 57.0 cm³/mol. The molecule has 0 unspecified atom stereocenters. The lowest BCUT2D eigenvalue weighted by molar-refractivity contribution is 0.111. The van der Waals surface area contributed by atoms with Gasteiger partial charge in [0.15, 0.2) is 6.29 Å². The van der Waals surface area contributed by atoms with Crippen molar-refractivity contribution in [3.05, 3.63) is 20.7 Å². The van der Waals surface area contributed by atoms with Crippen LogP contribution >= 0.6 is 34.2 Å². The summed E-state index contributed by atoms with van der Waals surface area (Å²) in [6.45, 7) is 0. The van der Waals surface area contributed by atoms with Gasteiger partial charge in [-0.2, -0.15) is 0 Å². The second-order valence-corrected chi connectivity index (χ2v) is 3.80. The minimum atomic E-state index is 0.360. The highest BCUT2D eigenvalue weighted by molar-refractivity contribution is 14.1. The van der Waals surface area contributed by atoms with Gasteiger partial charge >= 0.3 is 0 Å². The minimum Gasteiger partial charge on any atom is -0.336 e. The fourth-order valence-corrected chi connectivity index (χ4v) is 2.21. The number of aromatic amines is 1. The van der Waals surface area contributed by atoms with Gasteiger partial charge in [0.25, 0.3) is 0 Å². The number of nitrogens with zero attached hydrogens (tertiary/aromatic N) is 2. The molecule has 2 heterocycles. The molecular weight excluding hydrogens is 304 g/mol. The summed E-state index contributed by atoms with van der Waals surface area (Å²) in [5.41, 5.74) is 1.07. The predicted octanol–water partition coefficient (Wildman–Crippen LogP) is 2.03. The van der Waals surface area contributed by atoms with Crippen molar-refractivity contribution in [3.8, 4) is 0 Å². The average molecular weight is 307 g/mol. The van der Waals surface area contributed by atoms with Crippen molar-refractivity contribution in [2.24, 2.45) is 0 Å². The number of hydrogen-bond donors (Lipinski definition) is 1. The summed E-state index contributed by atoms with van der Waals surface area (Å²) in [7, 11) is 0. The third kappa shape index (κ3) is 1.31. The monoisotopic (exact) mass is 307 g/mol. The number of nitrogens with one attached hydrogen (secondary N) is 1. The Morgan fingerprint density at radius 2 is 2.31 bits per heavy atom. The number of aldehydes is 1. The fourth-order valence-electron chi connectivity index (χ4n) is 1.05. The molecule has 0 radical (unpaired) electrons. The Labute approximate surface area is 91.9 Å². The zero-order valence-electron chi connectivity index (χ0n) is 6.21. The maximum Gasteiger partial charge on any atom is 0.167 e. The van der Waals surface area contributed by atoms with E-state index in [1.807, 2.05) is 22.6 Å². The number of H-pyrrole nitrogens is 1. The summed E-state index contributed by atoms with van der Waals surface area (Å²) < 4.78 is 0.758. The van der Waals surface area contributed by atoms with E-state index in [2.05, 4.69) is 15.0 Å². The van der Waals surface area contributed by atoms with E-state index in [1.54, 1.807) is 0 Å². The van der Waals surface area contributed by atoms with Crippen molar-refractivity contribution >= 4 is 51.5 Å². The van der Waals surface area contributed by atoms with Crippen LogP contribution in [0, 0.1) is 3.57 Å². The number of fused-ring (bicyclic) bond motifs is 1. The van der Waals surface area contributed by atoms with Crippen molar-refractivity contribution < 1.29 is 4.79 Å². The molecule has 4 nitrogen and oxygen atoms in total. The van der Waals surface area contributed by atoms with Crippen LogP contribution in [0.4, 0.5) is 0 Å². The van der Waals surface area contributed by atoms with Crippen LogP contribution in [0.15, 0.2) is 6.33 Å². The summed E-state index contributed by atoms with van der Waals surface area (Å²) >= 11 is 7.87. The van der Waals surface area contributed by atoms with Crippen LogP contribution in [0.5, 0.6) is 0 Å². The second kappa shape index (κ2) is 3.22. The van der Waals surface area contributed by atoms with Crippen molar-refractivity contribution in [3.63, 3.8) is 0 Å². The van der Waals surface area contributed by atoms with Gasteiger partial charge in [-0.05, 0) is 22.6 Å². The molecule has 0 aliphatic heterocycles. The molecular formula is C7H3ClIN3O. The van der Waals surface area contributed by atoms with Gasteiger partial charge in [0.05, 0.1) is 14.7 Å². The largest absolute Gasteiger partial charge is 0.336 e. The normalized spacial score (nSPS) is 10.6. The number of carbonyl (C=O) groups excluding carboxylic acids is 1. The molecule has 0 saturated heterocycles. The lowest BCUT2D eigenvalue weighted by atomic mass is 10.4. The van der Waals surface area contributed by atoms with Crippen LogP contribution in [0.2, 0.25) is 5.15 Å². The number of rotatable bonds is 1. The Hall–Kier alpha value is -0.690. The van der Waals surface area contributed by atoms with E-state index in [9.17, 15) is 4.79 Å². The molecule has 13 heavy (non-hydrogen) atoms. The van der Waals surface area contributed by atoms with Gasteiger partial charge in [-0.3, -0.25) is 4.79 Å². The van der Waals surface area contributed by atoms with Gasteiger partial charge in [0, 0.05) is 0 Å². The summed E-state index contributed by atoms with van der Waals surface area (Å²) in [4.78, 5) is 21.2. The third-order valence-corrected chi connectivity index (χ3v) is 3.03. The molecule has 0 atom stereocenters. The van der Waals surface area contributed by atoms with Crippen LogP contribution in [-0.4, -0.2) is 21.2 Å².